The van der Waals surface area contributed by atoms with Crippen molar-refractivity contribution in [2.75, 3.05) is 23.9 Å². The van der Waals surface area contributed by atoms with Gasteiger partial charge in [0.1, 0.15) is 5.75 Å². The first-order valence-corrected chi connectivity index (χ1v) is 12.2. The maximum Gasteiger partial charge on any atom is 0.255 e. The number of fused-ring (bicyclic) bond motifs is 1. The third-order valence-corrected chi connectivity index (χ3v) is 6.50. The number of carbonyl (C=O) groups is 2. The van der Waals surface area contributed by atoms with Crippen molar-refractivity contribution in [2.45, 2.75) is 19.5 Å². The first kappa shape index (κ1) is 24.1. The fourth-order valence-electron chi connectivity index (χ4n) is 4.50. The number of benzene rings is 3. The van der Waals surface area contributed by atoms with Gasteiger partial charge in [0.25, 0.3) is 11.8 Å². The van der Waals surface area contributed by atoms with Crippen LogP contribution in [-0.4, -0.2) is 30.5 Å². The zero-order valence-corrected chi connectivity index (χ0v) is 20.6. The molecule has 1 aliphatic heterocycles. The summed E-state index contributed by atoms with van der Waals surface area (Å²) in [7, 11) is 1.58. The summed E-state index contributed by atoms with van der Waals surface area (Å²) in [6, 6.07) is 24.5. The van der Waals surface area contributed by atoms with Crippen molar-refractivity contribution in [3.8, 4) is 5.75 Å². The molecule has 5 rings (SSSR count). The lowest BCUT2D eigenvalue weighted by Crippen LogP contribution is -2.33. The lowest BCUT2D eigenvalue weighted by molar-refractivity contribution is 0.0950. The van der Waals surface area contributed by atoms with Crippen LogP contribution in [0.4, 0.5) is 11.4 Å². The number of ether oxygens (including phenoxy) is 1. The van der Waals surface area contributed by atoms with E-state index in [4.69, 9.17) is 4.74 Å². The average molecular weight is 493 g/mol. The molecule has 7 nitrogen and oxygen atoms in total. The van der Waals surface area contributed by atoms with E-state index >= 15 is 0 Å². The topological polar surface area (TPSA) is 83.6 Å². The van der Waals surface area contributed by atoms with Crippen molar-refractivity contribution >= 4 is 23.2 Å². The van der Waals surface area contributed by atoms with Crippen molar-refractivity contribution in [3.63, 3.8) is 0 Å². The van der Waals surface area contributed by atoms with Crippen LogP contribution < -0.4 is 20.3 Å². The van der Waals surface area contributed by atoms with Gasteiger partial charge in [0.15, 0.2) is 0 Å². The van der Waals surface area contributed by atoms with Crippen LogP contribution in [0.1, 0.15) is 37.4 Å². The molecule has 2 amide bonds. The summed E-state index contributed by atoms with van der Waals surface area (Å²) in [5.74, 6) is 0.207. The summed E-state index contributed by atoms with van der Waals surface area (Å²) in [6.07, 6.45) is 4.34. The molecule has 1 aliphatic rings. The number of aromatic nitrogens is 1. The van der Waals surface area contributed by atoms with Gasteiger partial charge in [-0.05, 0) is 71.6 Å². The fraction of sp³-hybridized carbons (Fsp3) is 0.167. The van der Waals surface area contributed by atoms with Crippen LogP contribution in [0, 0.1) is 0 Å². The monoisotopic (exact) mass is 492 g/mol. The van der Waals surface area contributed by atoms with Gasteiger partial charge in [0, 0.05) is 49.0 Å². The SMILES string of the molecule is COc1ccc(C(=O)Nc2ccc(N3CCc4ccccc4C3)c(C(=O)NCc3cccnc3)c2)cc1. The van der Waals surface area contributed by atoms with E-state index in [0.717, 1.165) is 30.8 Å². The number of nitrogens with zero attached hydrogens (tertiary/aromatic N) is 2. The Balaban J connectivity index is 1.41. The highest BCUT2D eigenvalue weighted by Crippen LogP contribution is 2.30. The predicted molar refractivity (Wildman–Crippen MR) is 144 cm³/mol. The van der Waals surface area contributed by atoms with E-state index < -0.39 is 0 Å². The van der Waals surface area contributed by atoms with Gasteiger partial charge in [-0.3, -0.25) is 14.6 Å². The summed E-state index contributed by atoms with van der Waals surface area (Å²) in [5, 5.41) is 5.93. The molecule has 0 fully saturated rings. The Kier molecular flexibility index (Phi) is 7.12. The zero-order chi connectivity index (χ0) is 25.6. The van der Waals surface area contributed by atoms with E-state index in [-0.39, 0.29) is 11.8 Å². The summed E-state index contributed by atoms with van der Waals surface area (Å²) < 4.78 is 5.17. The van der Waals surface area contributed by atoms with Gasteiger partial charge in [-0.1, -0.05) is 30.3 Å². The van der Waals surface area contributed by atoms with E-state index in [0.29, 0.717) is 29.1 Å². The molecule has 3 aromatic carbocycles. The number of carbonyl (C=O) groups excluding carboxylic acids is 2. The largest absolute Gasteiger partial charge is 0.497 e. The average Bonchev–Trinajstić information content (AvgIpc) is 2.96. The van der Waals surface area contributed by atoms with Crippen LogP contribution >= 0.6 is 0 Å². The first-order valence-electron chi connectivity index (χ1n) is 12.2. The van der Waals surface area contributed by atoms with Gasteiger partial charge in [-0.2, -0.15) is 0 Å². The second-order valence-electron chi connectivity index (χ2n) is 8.90. The van der Waals surface area contributed by atoms with Gasteiger partial charge in [0.05, 0.1) is 12.7 Å². The zero-order valence-electron chi connectivity index (χ0n) is 20.6. The van der Waals surface area contributed by atoms with Crippen molar-refractivity contribution in [1.82, 2.24) is 10.3 Å². The van der Waals surface area contributed by atoms with Crippen molar-refractivity contribution in [3.05, 3.63) is 119 Å². The Morgan fingerprint density at radius 2 is 1.76 bits per heavy atom. The molecular formula is C30H28N4O3. The normalized spacial score (nSPS) is 12.4. The summed E-state index contributed by atoms with van der Waals surface area (Å²) in [4.78, 5) is 32.6. The van der Waals surface area contributed by atoms with Gasteiger partial charge in [0.2, 0.25) is 0 Å². The molecule has 0 radical (unpaired) electrons. The molecule has 0 spiro atoms. The highest BCUT2D eigenvalue weighted by molar-refractivity contribution is 6.06. The number of hydrogen-bond donors (Lipinski definition) is 2. The molecular weight excluding hydrogens is 464 g/mol. The number of methoxy groups -OCH3 is 1. The van der Waals surface area contributed by atoms with Crippen LogP contribution in [0.15, 0.2) is 91.3 Å². The van der Waals surface area contributed by atoms with Crippen molar-refractivity contribution in [1.29, 1.82) is 0 Å². The Morgan fingerprint density at radius 3 is 2.51 bits per heavy atom. The molecule has 0 atom stereocenters. The van der Waals surface area contributed by atoms with Crippen molar-refractivity contribution < 1.29 is 14.3 Å². The van der Waals surface area contributed by atoms with Gasteiger partial charge in [-0.15, -0.1) is 0 Å². The summed E-state index contributed by atoms with van der Waals surface area (Å²) >= 11 is 0. The number of anilines is 2. The number of amides is 2. The minimum absolute atomic E-state index is 0.210. The van der Waals surface area contributed by atoms with E-state index in [2.05, 4.69) is 38.7 Å². The fourth-order valence-corrected chi connectivity index (χ4v) is 4.50. The second-order valence-corrected chi connectivity index (χ2v) is 8.90. The molecule has 37 heavy (non-hydrogen) atoms. The lowest BCUT2D eigenvalue weighted by Gasteiger charge is -2.32. The molecule has 1 aromatic heterocycles. The molecule has 0 bridgehead atoms. The molecule has 0 aliphatic carbocycles. The van der Waals surface area contributed by atoms with Crippen LogP contribution in [0.5, 0.6) is 5.75 Å². The quantitative estimate of drug-likeness (QED) is 0.386. The molecule has 2 heterocycles. The highest BCUT2D eigenvalue weighted by Gasteiger charge is 2.22. The van der Waals surface area contributed by atoms with Gasteiger partial charge in [-0.25, -0.2) is 0 Å². The Hall–Kier alpha value is -4.65. The Bertz CT molecular complexity index is 1400. The molecule has 2 N–H and O–H groups in total. The first-order chi connectivity index (χ1) is 18.1. The smallest absolute Gasteiger partial charge is 0.255 e. The molecule has 0 saturated heterocycles. The Labute approximate surface area is 216 Å². The molecule has 186 valence electrons. The molecule has 4 aromatic rings. The number of hydrogen-bond acceptors (Lipinski definition) is 5. The maximum atomic E-state index is 13.4. The Morgan fingerprint density at radius 1 is 0.946 bits per heavy atom. The molecule has 7 heteroatoms. The highest BCUT2D eigenvalue weighted by atomic mass is 16.5. The standard InChI is InChI=1S/C30H28N4O3/c1-37-26-11-8-23(9-12-26)29(35)33-25-10-13-28(34-16-14-22-6-2-3-7-24(22)20-34)27(17-25)30(36)32-19-21-5-4-15-31-18-21/h2-13,15,17-18H,14,16,19-20H2,1H3,(H,32,36)(H,33,35). The van der Waals surface area contributed by atoms with Crippen LogP contribution in [-0.2, 0) is 19.5 Å². The van der Waals surface area contributed by atoms with Crippen LogP contribution in [0.2, 0.25) is 0 Å². The summed E-state index contributed by atoms with van der Waals surface area (Å²) in [6.45, 7) is 1.88. The third-order valence-electron chi connectivity index (χ3n) is 6.50. The van der Waals surface area contributed by atoms with Crippen molar-refractivity contribution in [2.24, 2.45) is 0 Å². The number of pyridine rings is 1. The minimum atomic E-state index is -0.260. The van der Waals surface area contributed by atoms with Crippen LogP contribution in [0.25, 0.3) is 0 Å². The van der Waals surface area contributed by atoms with E-state index in [9.17, 15) is 9.59 Å². The van der Waals surface area contributed by atoms with Gasteiger partial charge < -0.3 is 20.3 Å². The van der Waals surface area contributed by atoms with E-state index in [1.807, 2.05) is 30.3 Å². The lowest BCUT2D eigenvalue weighted by atomic mass is 9.98. The summed E-state index contributed by atoms with van der Waals surface area (Å²) in [5.41, 5.74) is 5.90. The predicted octanol–water partition coefficient (Wildman–Crippen LogP) is 4.84. The number of rotatable bonds is 7. The number of nitrogens with one attached hydrogen (secondary N) is 2. The van der Waals surface area contributed by atoms with E-state index in [1.165, 1.54) is 11.1 Å². The molecule has 0 unspecified atom stereocenters. The van der Waals surface area contributed by atoms with Crippen LogP contribution in [0.3, 0.4) is 0 Å². The second kappa shape index (κ2) is 11.0. The third kappa shape index (κ3) is 5.62. The van der Waals surface area contributed by atoms with Gasteiger partial charge >= 0.3 is 0 Å². The molecule has 0 saturated carbocycles. The maximum absolute atomic E-state index is 13.4. The van der Waals surface area contributed by atoms with E-state index in [1.54, 1.807) is 49.8 Å². The minimum Gasteiger partial charge on any atom is -0.497 e.